The third-order valence-corrected chi connectivity index (χ3v) is 3.92. The number of carbonyl (C=O) groups excluding carboxylic acids is 1. The summed E-state index contributed by atoms with van der Waals surface area (Å²) in [5, 5.41) is 7.00. The van der Waals surface area contributed by atoms with Crippen molar-refractivity contribution in [2.24, 2.45) is 5.10 Å². The number of hydrogen-bond donors (Lipinski definition) is 1. The van der Waals surface area contributed by atoms with Crippen LogP contribution in [0, 0.1) is 0 Å². The molecule has 1 amide bonds. The summed E-state index contributed by atoms with van der Waals surface area (Å²) in [4.78, 5) is 11.9. The van der Waals surface area contributed by atoms with Gasteiger partial charge in [0.1, 0.15) is 5.75 Å². The molecule has 0 aromatic heterocycles. The number of ether oxygens (including phenoxy) is 1. The van der Waals surface area contributed by atoms with E-state index in [-0.39, 0.29) is 12.5 Å². The molecular formula is C20H17ClN2O2. The van der Waals surface area contributed by atoms with Gasteiger partial charge in [-0.3, -0.25) is 4.79 Å². The summed E-state index contributed by atoms with van der Waals surface area (Å²) in [6.45, 7) is 1.72. The van der Waals surface area contributed by atoms with Crippen LogP contribution < -0.4 is 10.2 Å². The lowest BCUT2D eigenvalue weighted by Crippen LogP contribution is -2.25. The van der Waals surface area contributed by atoms with Crippen molar-refractivity contribution >= 4 is 34.0 Å². The van der Waals surface area contributed by atoms with E-state index in [9.17, 15) is 4.79 Å². The third kappa shape index (κ3) is 4.58. The summed E-state index contributed by atoms with van der Waals surface area (Å²) < 4.78 is 5.38. The number of amides is 1. The number of rotatable bonds is 5. The number of hydrogen-bond acceptors (Lipinski definition) is 3. The van der Waals surface area contributed by atoms with Gasteiger partial charge in [0, 0.05) is 5.02 Å². The Morgan fingerprint density at radius 3 is 2.64 bits per heavy atom. The SMILES string of the molecule is C/C(=N\NC(=O)COc1cccc(Cl)c1)c1ccc2ccccc2c1. The first-order chi connectivity index (χ1) is 12.1. The van der Waals surface area contributed by atoms with Gasteiger partial charge in [0.2, 0.25) is 0 Å². The molecule has 0 spiro atoms. The molecule has 0 aliphatic carbocycles. The molecule has 0 unspecified atom stereocenters. The van der Waals surface area contributed by atoms with Crippen LogP contribution in [0.5, 0.6) is 5.75 Å². The second kappa shape index (κ2) is 7.81. The Balaban J connectivity index is 1.60. The number of benzene rings is 3. The highest BCUT2D eigenvalue weighted by Crippen LogP contribution is 2.17. The molecule has 3 aromatic carbocycles. The molecule has 0 saturated carbocycles. The second-order valence-corrected chi connectivity index (χ2v) is 5.98. The van der Waals surface area contributed by atoms with Gasteiger partial charge in [-0.15, -0.1) is 0 Å². The molecule has 0 atom stereocenters. The lowest BCUT2D eigenvalue weighted by atomic mass is 10.0. The quantitative estimate of drug-likeness (QED) is 0.546. The summed E-state index contributed by atoms with van der Waals surface area (Å²) in [6, 6.07) is 21.1. The van der Waals surface area contributed by atoms with Crippen LogP contribution in [-0.2, 0) is 4.79 Å². The first-order valence-corrected chi connectivity index (χ1v) is 8.20. The van der Waals surface area contributed by atoms with Crippen LogP contribution >= 0.6 is 11.6 Å². The van der Waals surface area contributed by atoms with Crippen molar-refractivity contribution in [3.8, 4) is 5.75 Å². The number of carbonyl (C=O) groups is 1. The molecule has 0 saturated heterocycles. The first-order valence-electron chi connectivity index (χ1n) is 7.82. The summed E-state index contributed by atoms with van der Waals surface area (Å²) in [5.41, 5.74) is 4.18. The molecule has 5 heteroatoms. The molecule has 3 aromatic rings. The molecule has 25 heavy (non-hydrogen) atoms. The minimum Gasteiger partial charge on any atom is -0.484 e. The lowest BCUT2D eigenvalue weighted by Gasteiger charge is -2.06. The largest absolute Gasteiger partial charge is 0.484 e. The van der Waals surface area contributed by atoms with Crippen LogP contribution in [0.4, 0.5) is 0 Å². The molecule has 0 aliphatic heterocycles. The van der Waals surface area contributed by atoms with Gasteiger partial charge in [0.25, 0.3) is 5.91 Å². The topological polar surface area (TPSA) is 50.7 Å². The van der Waals surface area contributed by atoms with Gasteiger partial charge < -0.3 is 4.74 Å². The fourth-order valence-electron chi connectivity index (χ4n) is 2.36. The average Bonchev–Trinajstić information content (AvgIpc) is 2.64. The standard InChI is InChI=1S/C20H17ClN2O2/c1-14(16-10-9-15-5-2-3-6-17(15)11-16)22-23-20(24)13-25-19-8-4-7-18(21)12-19/h2-12H,13H2,1H3,(H,23,24)/b22-14+. The summed E-state index contributed by atoms with van der Waals surface area (Å²) >= 11 is 5.87. The van der Waals surface area contributed by atoms with E-state index in [1.807, 2.05) is 43.3 Å². The van der Waals surface area contributed by atoms with Crippen molar-refractivity contribution in [1.29, 1.82) is 0 Å². The van der Waals surface area contributed by atoms with Crippen molar-refractivity contribution in [3.63, 3.8) is 0 Å². The van der Waals surface area contributed by atoms with Gasteiger partial charge in [-0.1, -0.05) is 54.1 Å². The molecule has 0 fully saturated rings. The van der Waals surface area contributed by atoms with E-state index < -0.39 is 0 Å². The Kier molecular flexibility index (Phi) is 5.31. The predicted molar refractivity (Wildman–Crippen MR) is 101 cm³/mol. The Morgan fingerprint density at radius 2 is 1.84 bits per heavy atom. The van der Waals surface area contributed by atoms with Gasteiger partial charge >= 0.3 is 0 Å². The highest BCUT2D eigenvalue weighted by atomic mass is 35.5. The number of fused-ring (bicyclic) bond motifs is 1. The van der Waals surface area contributed by atoms with E-state index in [1.165, 1.54) is 0 Å². The van der Waals surface area contributed by atoms with Crippen LogP contribution in [-0.4, -0.2) is 18.2 Å². The van der Waals surface area contributed by atoms with Crippen LogP contribution in [0.25, 0.3) is 10.8 Å². The van der Waals surface area contributed by atoms with Gasteiger partial charge in [0.05, 0.1) is 5.71 Å². The fraction of sp³-hybridized carbons (Fsp3) is 0.100. The fourth-order valence-corrected chi connectivity index (χ4v) is 2.54. The summed E-state index contributed by atoms with van der Waals surface area (Å²) in [7, 11) is 0. The highest BCUT2D eigenvalue weighted by molar-refractivity contribution is 6.30. The van der Waals surface area contributed by atoms with Gasteiger partial charge in [-0.25, -0.2) is 5.43 Å². The van der Waals surface area contributed by atoms with E-state index in [0.717, 1.165) is 22.0 Å². The third-order valence-electron chi connectivity index (χ3n) is 3.68. The van der Waals surface area contributed by atoms with Crippen LogP contribution in [0.1, 0.15) is 12.5 Å². The van der Waals surface area contributed by atoms with Crippen LogP contribution in [0.2, 0.25) is 5.02 Å². The molecule has 4 nitrogen and oxygen atoms in total. The number of nitrogens with zero attached hydrogens (tertiary/aromatic N) is 1. The normalized spacial score (nSPS) is 11.4. The molecule has 0 radical (unpaired) electrons. The van der Waals surface area contributed by atoms with Crippen molar-refractivity contribution in [1.82, 2.24) is 5.43 Å². The molecular weight excluding hydrogens is 336 g/mol. The van der Waals surface area contributed by atoms with Crippen LogP contribution in [0.15, 0.2) is 71.8 Å². The van der Waals surface area contributed by atoms with E-state index in [1.54, 1.807) is 24.3 Å². The molecule has 0 heterocycles. The Bertz CT molecular complexity index is 938. The van der Waals surface area contributed by atoms with E-state index >= 15 is 0 Å². The monoisotopic (exact) mass is 352 g/mol. The smallest absolute Gasteiger partial charge is 0.277 e. The molecule has 0 aliphatic rings. The van der Waals surface area contributed by atoms with Gasteiger partial charge in [0.15, 0.2) is 6.61 Å². The highest BCUT2D eigenvalue weighted by Gasteiger charge is 2.04. The zero-order valence-electron chi connectivity index (χ0n) is 13.7. The molecule has 3 rings (SSSR count). The van der Waals surface area contributed by atoms with E-state index in [2.05, 4.69) is 16.6 Å². The van der Waals surface area contributed by atoms with E-state index in [4.69, 9.17) is 16.3 Å². The van der Waals surface area contributed by atoms with Gasteiger partial charge in [-0.2, -0.15) is 5.10 Å². The van der Waals surface area contributed by atoms with Crippen molar-refractivity contribution in [2.75, 3.05) is 6.61 Å². The maximum absolute atomic E-state index is 11.9. The van der Waals surface area contributed by atoms with Crippen molar-refractivity contribution in [3.05, 3.63) is 77.3 Å². The Hall–Kier alpha value is -2.85. The van der Waals surface area contributed by atoms with E-state index in [0.29, 0.717) is 10.8 Å². The Morgan fingerprint density at radius 1 is 1.04 bits per heavy atom. The summed E-state index contributed by atoms with van der Waals surface area (Å²) in [6.07, 6.45) is 0. The second-order valence-electron chi connectivity index (χ2n) is 5.54. The molecule has 1 N–H and O–H groups in total. The number of hydrazone groups is 1. The number of nitrogens with one attached hydrogen (secondary N) is 1. The maximum atomic E-state index is 11.9. The predicted octanol–water partition coefficient (Wildman–Crippen LogP) is 4.41. The van der Waals surface area contributed by atoms with Crippen LogP contribution in [0.3, 0.4) is 0 Å². The number of halogens is 1. The first kappa shape index (κ1) is 17.0. The molecule has 126 valence electrons. The molecule has 0 bridgehead atoms. The average molecular weight is 353 g/mol. The zero-order chi connectivity index (χ0) is 17.6. The maximum Gasteiger partial charge on any atom is 0.277 e. The minimum absolute atomic E-state index is 0.130. The van der Waals surface area contributed by atoms with Gasteiger partial charge in [-0.05, 0) is 47.5 Å². The summed E-state index contributed by atoms with van der Waals surface area (Å²) in [5.74, 6) is 0.206. The zero-order valence-corrected chi connectivity index (χ0v) is 14.5. The van der Waals surface area contributed by atoms with Crippen molar-refractivity contribution < 1.29 is 9.53 Å². The van der Waals surface area contributed by atoms with Crippen molar-refractivity contribution in [2.45, 2.75) is 6.92 Å². The lowest BCUT2D eigenvalue weighted by molar-refractivity contribution is -0.123. The Labute approximate surface area is 151 Å². The minimum atomic E-state index is -0.333.